The molecule has 0 N–H and O–H groups in total. The van der Waals surface area contributed by atoms with Gasteiger partial charge in [-0.1, -0.05) is 11.3 Å². The first kappa shape index (κ1) is 6.82. The highest BCUT2D eigenvalue weighted by atomic mass is 35.5. The number of rotatable bonds is 1. The Labute approximate surface area is 58.5 Å². The van der Waals surface area contributed by atoms with Crippen LogP contribution in [-0.2, 0) is 5.38 Å². The van der Waals surface area contributed by atoms with Crippen molar-refractivity contribution in [3.8, 4) is 0 Å². The zero-order valence-electron chi connectivity index (χ0n) is 4.01. The molecule has 0 aliphatic heterocycles. The average Bonchev–Trinajstić information content (AvgIpc) is 2.08. The van der Waals surface area contributed by atoms with E-state index < -0.39 is 10.4 Å². The van der Waals surface area contributed by atoms with Gasteiger partial charge in [-0.25, -0.2) is 0 Å². The van der Waals surface area contributed by atoms with Crippen molar-refractivity contribution in [2.24, 2.45) is 0 Å². The molecule has 0 saturated carbocycles. The fraction of sp³-hybridized carbons (Fsp3) is 0.333. The molecule has 0 atom stereocenters. The van der Waals surface area contributed by atoms with E-state index in [9.17, 15) is 8.78 Å². The summed E-state index contributed by atoms with van der Waals surface area (Å²) >= 11 is 5.30. The molecule has 0 bridgehead atoms. The van der Waals surface area contributed by atoms with Gasteiger partial charge in [-0.3, -0.25) is 0 Å². The van der Waals surface area contributed by atoms with Gasteiger partial charge in [0.1, 0.15) is 5.51 Å². The molecule has 0 spiro atoms. The monoisotopic (exact) mass is 170 g/mol. The van der Waals surface area contributed by atoms with Crippen molar-refractivity contribution >= 4 is 22.9 Å². The summed E-state index contributed by atoms with van der Waals surface area (Å²) in [5, 5.41) is 2.44. The van der Waals surface area contributed by atoms with Crippen molar-refractivity contribution in [1.29, 1.82) is 0 Å². The first-order valence-corrected chi connectivity index (χ1v) is 3.20. The normalized spacial score (nSPS) is 11.9. The number of aromatic nitrogens is 2. The van der Waals surface area contributed by atoms with E-state index in [1.165, 1.54) is 5.51 Å². The van der Waals surface area contributed by atoms with Crippen molar-refractivity contribution in [2.45, 2.75) is 5.38 Å². The van der Waals surface area contributed by atoms with Gasteiger partial charge in [-0.05, 0) is 11.6 Å². The van der Waals surface area contributed by atoms with E-state index in [1.807, 2.05) is 0 Å². The van der Waals surface area contributed by atoms with Crippen molar-refractivity contribution < 1.29 is 8.78 Å². The molecule has 1 aromatic rings. The van der Waals surface area contributed by atoms with Crippen molar-refractivity contribution in [3.05, 3.63) is 10.5 Å². The van der Waals surface area contributed by atoms with Crippen LogP contribution in [0.5, 0.6) is 0 Å². The van der Waals surface area contributed by atoms with Crippen molar-refractivity contribution in [3.63, 3.8) is 0 Å². The molecular formula is C3HClF2N2S. The molecule has 0 saturated heterocycles. The van der Waals surface area contributed by atoms with Crippen LogP contribution in [0.1, 0.15) is 5.01 Å². The van der Waals surface area contributed by atoms with Gasteiger partial charge in [0.05, 0.1) is 0 Å². The zero-order valence-corrected chi connectivity index (χ0v) is 5.59. The van der Waals surface area contributed by atoms with Crippen LogP contribution in [0.4, 0.5) is 8.78 Å². The topological polar surface area (TPSA) is 25.8 Å². The van der Waals surface area contributed by atoms with Gasteiger partial charge >= 0.3 is 5.38 Å². The van der Waals surface area contributed by atoms with Crippen LogP contribution < -0.4 is 0 Å². The lowest BCUT2D eigenvalue weighted by Crippen LogP contribution is -2.01. The van der Waals surface area contributed by atoms with Crippen LogP contribution in [0.15, 0.2) is 5.51 Å². The Morgan fingerprint density at radius 2 is 2.33 bits per heavy atom. The van der Waals surface area contributed by atoms with Crippen LogP contribution in [0.25, 0.3) is 0 Å². The number of halogens is 3. The van der Waals surface area contributed by atoms with Gasteiger partial charge < -0.3 is 0 Å². The molecule has 50 valence electrons. The third-order valence-corrected chi connectivity index (χ3v) is 1.65. The molecule has 9 heavy (non-hydrogen) atoms. The van der Waals surface area contributed by atoms with Gasteiger partial charge in [0, 0.05) is 0 Å². The lowest BCUT2D eigenvalue weighted by atomic mass is 10.7. The van der Waals surface area contributed by atoms with Crippen molar-refractivity contribution in [1.82, 2.24) is 10.2 Å². The van der Waals surface area contributed by atoms with E-state index in [4.69, 9.17) is 0 Å². The third kappa shape index (κ3) is 1.56. The first-order valence-electron chi connectivity index (χ1n) is 1.94. The largest absolute Gasteiger partial charge is 0.375 e. The molecule has 0 amide bonds. The highest BCUT2D eigenvalue weighted by molar-refractivity contribution is 7.09. The Balaban J connectivity index is 2.90. The molecular weight excluding hydrogens is 170 g/mol. The Morgan fingerprint density at radius 3 is 2.56 bits per heavy atom. The summed E-state index contributed by atoms with van der Waals surface area (Å²) in [6, 6.07) is 0. The number of nitrogens with zero attached hydrogens (tertiary/aromatic N) is 2. The predicted octanol–water partition coefficient (Wildman–Crippen LogP) is 1.83. The van der Waals surface area contributed by atoms with Crippen LogP contribution in [0, 0.1) is 0 Å². The number of alkyl halides is 3. The van der Waals surface area contributed by atoms with Gasteiger partial charge in [-0.2, -0.15) is 8.78 Å². The summed E-state index contributed by atoms with van der Waals surface area (Å²) < 4.78 is 23.9. The SMILES string of the molecule is FC(F)(Cl)c1nncs1. The minimum absolute atomic E-state index is 0.468. The van der Waals surface area contributed by atoms with Gasteiger partial charge in [-0.15, -0.1) is 10.2 Å². The highest BCUT2D eigenvalue weighted by Crippen LogP contribution is 2.32. The number of hydrogen-bond donors (Lipinski definition) is 0. The highest BCUT2D eigenvalue weighted by Gasteiger charge is 2.31. The molecule has 0 radical (unpaired) electrons. The molecule has 1 rings (SSSR count). The molecule has 6 heteroatoms. The fourth-order valence-electron chi connectivity index (χ4n) is 0.297. The molecule has 0 aliphatic carbocycles. The standard InChI is InChI=1S/C3HClF2N2S/c4-3(5,6)2-8-7-1-9-2/h1H. The maximum atomic E-state index is 12.0. The summed E-state index contributed by atoms with van der Waals surface area (Å²) in [5.41, 5.74) is 1.20. The minimum Gasteiger partial charge on any atom is -0.180 e. The van der Waals surface area contributed by atoms with Crippen molar-refractivity contribution in [2.75, 3.05) is 0 Å². The quantitative estimate of drug-likeness (QED) is 0.601. The molecule has 1 heterocycles. The number of hydrogen-bond acceptors (Lipinski definition) is 3. The van der Waals surface area contributed by atoms with Crippen LogP contribution in [-0.4, -0.2) is 10.2 Å². The minimum atomic E-state index is -3.36. The summed E-state index contributed by atoms with van der Waals surface area (Å²) in [7, 11) is 0. The maximum absolute atomic E-state index is 12.0. The van der Waals surface area contributed by atoms with E-state index in [0.29, 0.717) is 0 Å². The molecule has 0 aliphatic rings. The lowest BCUT2D eigenvalue weighted by Gasteiger charge is -1.98. The van der Waals surface area contributed by atoms with E-state index in [-0.39, 0.29) is 0 Å². The van der Waals surface area contributed by atoms with Crippen LogP contribution >= 0.6 is 22.9 Å². The second-order valence-corrected chi connectivity index (χ2v) is 2.55. The summed E-state index contributed by atoms with van der Waals surface area (Å²) in [6.45, 7) is 0. The van der Waals surface area contributed by atoms with Crippen LogP contribution in [0.2, 0.25) is 0 Å². The van der Waals surface area contributed by atoms with E-state index in [2.05, 4.69) is 21.8 Å². The smallest absolute Gasteiger partial charge is 0.180 e. The summed E-state index contributed by atoms with van der Waals surface area (Å²) in [5.74, 6) is 0. The lowest BCUT2D eigenvalue weighted by molar-refractivity contribution is 0.0939. The van der Waals surface area contributed by atoms with E-state index >= 15 is 0 Å². The Kier molecular flexibility index (Phi) is 1.63. The molecule has 1 aromatic heterocycles. The summed E-state index contributed by atoms with van der Waals surface area (Å²) in [4.78, 5) is 0. The Morgan fingerprint density at radius 1 is 1.67 bits per heavy atom. The van der Waals surface area contributed by atoms with Gasteiger partial charge in [0.15, 0.2) is 0 Å². The fourth-order valence-corrected chi connectivity index (χ4v) is 0.890. The van der Waals surface area contributed by atoms with Gasteiger partial charge in [0.25, 0.3) is 0 Å². The first-order chi connectivity index (χ1) is 4.11. The zero-order chi connectivity index (χ0) is 6.91. The second-order valence-electron chi connectivity index (χ2n) is 1.24. The predicted molar refractivity (Wildman–Crippen MR) is 29.7 cm³/mol. The van der Waals surface area contributed by atoms with Gasteiger partial charge in [0.2, 0.25) is 5.01 Å². The third-order valence-electron chi connectivity index (χ3n) is 0.603. The van der Waals surface area contributed by atoms with E-state index in [1.54, 1.807) is 0 Å². The maximum Gasteiger partial charge on any atom is 0.375 e. The summed E-state index contributed by atoms with van der Waals surface area (Å²) in [6.07, 6.45) is 0. The average molecular weight is 171 g/mol. The molecule has 2 nitrogen and oxygen atoms in total. The molecule has 0 unspecified atom stereocenters. The molecule has 0 aromatic carbocycles. The Bertz CT molecular complexity index is 182. The Hall–Kier alpha value is -0.290. The molecule has 0 fully saturated rings. The second kappa shape index (κ2) is 2.15. The van der Waals surface area contributed by atoms with Crippen LogP contribution in [0.3, 0.4) is 0 Å². The van der Waals surface area contributed by atoms with E-state index in [0.717, 1.165) is 11.3 Å².